The highest BCUT2D eigenvalue weighted by atomic mass is 32.1. The number of methoxy groups -OCH3 is 1. The molecule has 9 heavy (non-hydrogen) atoms. The van der Waals surface area contributed by atoms with E-state index in [1.807, 2.05) is 0 Å². The van der Waals surface area contributed by atoms with Crippen molar-refractivity contribution in [3.05, 3.63) is 0 Å². The maximum atomic E-state index is 10.4. The van der Waals surface area contributed by atoms with E-state index < -0.39 is 0 Å². The second-order valence-electron chi connectivity index (χ2n) is 1.74. The molecule has 1 radical (unpaired) electrons. The average molecular weight is 147 g/mol. The summed E-state index contributed by atoms with van der Waals surface area (Å²) < 4.78 is 4.42. The number of unbranched alkanes of at least 4 members (excludes halogenated alkanes) is 1. The lowest BCUT2D eigenvalue weighted by molar-refractivity contribution is -0.140. The van der Waals surface area contributed by atoms with E-state index in [1.165, 1.54) is 7.11 Å². The molecule has 0 aliphatic heterocycles. The van der Waals surface area contributed by atoms with Gasteiger partial charge in [-0.25, -0.2) is 0 Å². The Bertz CT molecular complexity index is 83.1. The first-order chi connectivity index (χ1) is 4.31. The first-order valence-electron chi connectivity index (χ1n) is 2.96. The van der Waals surface area contributed by atoms with E-state index >= 15 is 0 Å². The highest BCUT2D eigenvalue weighted by Crippen LogP contribution is 1.97. The van der Waals surface area contributed by atoms with Gasteiger partial charge in [-0.3, -0.25) is 4.79 Å². The summed E-state index contributed by atoms with van der Waals surface area (Å²) in [4.78, 5) is 10.4. The maximum Gasteiger partial charge on any atom is 0.305 e. The minimum atomic E-state index is -0.140. The van der Waals surface area contributed by atoms with Gasteiger partial charge in [-0.15, -0.1) is 0 Å². The van der Waals surface area contributed by atoms with Crippen molar-refractivity contribution in [1.82, 2.24) is 0 Å². The Balaban J connectivity index is 2.97. The predicted molar refractivity (Wildman–Crippen MR) is 38.3 cm³/mol. The zero-order chi connectivity index (χ0) is 7.11. The van der Waals surface area contributed by atoms with E-state index in [-0.39, 0.29) is 5.97 Å². The molecule has 0 bridgehead atoms. The summed E-state index contributed by atoms with van der Waals surface area (Å²) >= 11 is 4.69. The summed E-state index contributed by atoms with van der Waals surface area (Å²) in [6.07, 6.45) is 2.30. The first-order valence-corrected chi connectivity index (χ1v) is 3.54. The van der Waals surface area contributed by atoms with Gasteiger partial charge in [-0.1, -0.05) is 12.6 Å². The van der Waals surface area contributed by atoms with Gasteiger partial charge in [0.05, 0.1) is 7.11 Å². The average Bonchev–Trinajstić information content (AvgIpc) is 1.89. The monoisotopic (exact) mass is 147 g/mol. The van der Waals surface area contributed by atoms with Crippen LogP contribution in [-0.2, 0) is 9.53 Å². The molecule has 0 aliphatic carbocycles. The number of esters is 1. The van der Waals surface area contributed by atoms with Crippen molar-refractivity contribution >= 4 is 18.6 Å². The fraction of sp³-hybridized carbons (Fsp3) is 0.833. The molecule has 0 amide bonds. The summed E-state index contributed by atoms with van der Waals surface area (Å²) in [5, 5.41) is 0. The van der Waals surface area contributed by atoms with Crippen LogP contribution in [0, 0.1) is 0 Å². The van der Waals surface area contributed by atoms with E-state index in [4.69, 9.17) is 0 Å². The topological polar surface area (TPSA) is 26.3 Å². The van der Waals surface area contributed by atoms with Crippen LogP contribution in [0.15, 0.2) is 0 Å². The smallest absolute Gasteiger partial charge is 0.305 e. The van der Waals surface area contributed by atoms with Crippen molar-refractivity contribution < 1.29 is 9.53 Å². The minimum absolute atomic E-state index is 0.140. The molecule has 0 saturated heterocycles. The molecule has 0 spiro atoms. The highest BCUT2D eigenvalue weighted by molar-refractivity contribution is 7.80. The molecule has 0 fully saturated rings. The van der Waals surface area contributed by atoms with E-state index in [0.717, 1.165) is 18.6 Å². The van der Waals surface area contributed by atoms with Crippen LogP contribution in [0.25, 0.3) is 0 Å². The van der Waals surface area contributed by atoms with Crippen molar-refractivity contribution in [1.29, 1.82) is 0 Å². The van der Waals surface area contributed by atoms with Crippen LogP contribution in [0.3, 0.4) is 0 Å². The zero-order valence-corrected chi connectivity index (χ0v) is 6.37. The summed E-state index contributed by atoms with van der Waals surface area (Å²) in [7, 11) is 1.40. The van der Waals surface area contributed by atoms with Gasteiger partial charge in [-0.05, 0) is 12.8 Å². The molecule has 0 aliphatic rings. The van der Waals surface area contributed by atoms with Crippen molar-refractivity contribution in [2.24, 2.45) is 0 Å². The van der Waals surface area contributed by atoms with Crippen molar-refractivity contribution in [3.63, 3.8) is 0 Å². The van der Waals surface area contributed by atoms with Crippen molar-refractivity contribution in [2.45, 2.75) is 19.3 Å². The predicted octanol–water partition coefficient (Wildman–Crippen LogP) is 1.53. The van der Waals surface area contributed by atoms with E-state index in [9.17, 15) is 4.79 Å². The SMILES string of the molecule is COC(=O)CCCC[S]. The van der Waals surface area contributed by atoms with E-state index in [2.05, 4.69) is 17.4 Å². The Kier molecular flexibility index (Phi) is 5.83. The van der Waals surface area contributed by atoms with Crippen molar-refractivity contribution in [2.75, 3.05) is 12.9 Å². The largest absolute Gasteiger partial charge is 0.469 e. The highest BCUT2D eigenvalue weighted by Gasteiger charge is 1.96. The summed E-state index contributed by atoms with van der Waals surface area (Å²) in [6, 6.07) is 0. The van der Waals surface area contributed by atoms with Gasteiger partial charge in [0.25, 0.3) is 0 Å². The lowest BCUT2D eigenvalue weighted by Crippen LogP contribution is -1.99. The van der Waals surface area contributed by atoms with E-state index in [1.54, 1.807) is 0 Å². The molecule has 0 N–H and O–H groups in total. The first kappa shape index (κ1) is 8.82. The van der Waals surface area contributed by atoms with Crippen LogP contribution in [-0.4, -0.2) is 18.8 Å². The number of hydrogen-bond acceptors (Lipinski definition) is 2. The van der Waals surface area contributed by atoms with Gasteiger partial charge in [0.2, 0.25) is 0 Å². The Morgan fingerprint density at radius 2 is 2.22 bits per heavy atom. The molecule has 0 heterocycles. The van der Waals surface area contributed by atoms with Gasteiger partial charge < -0.3 is 4.74 Å². The molecule has 0 saturated carbocycles. The second-order valence-corrected chi connectivity index (χ2v) is 2.15. The lowest BCUT2D eigenvalue weighted by Gasteiger charge is -1.95. The second kappa shape index (κ2) is 5.95. The number of ether oxygens (including phenoxy) is 1. The number of carbonyl (C=O) groups is 1. The summed E-state index contributed by atoms with van der Waals surface area (Å²) in [6.45, 7) is 0. The Labute approximate surface area is 61.0 Å². The van der Waals surface area contributed by atoms with Crippen LogP contribution in [0.2, 0.25) is 0 Å². The van der Waals surface area contributed by atoms with Gasteiger partial charge in [-0.2, -0.15) is 0 Å². The number of hydrogen-bond donors (Lipinski definition) is 0. The molecule has 2 nitrogen and oxygen atoms in total. The fourth-order valence-corrected chi connectivity index (χ4v) is 0.678. The summed E-state index contributed by atoms with van der Waals surface area (Å²) in [5.74, 6) is 0.593. The molecular weight excluding hydrogens is 136 g/mol. The fourth-order valence-electron chi connectivity index (χ4n) is 0.473. The zero-order valence-electron chi connectivity index (χ0n) is 5.55. The standard InChI is InChI=1S/C6H11O2S/c1-8-6(7)4-2-3-5-9/h2-5H2,1H3. The Hall–Kier alpha value is -0.180. The van der Waals surface area contributed by atoms with Crippen LogP contribution in [0.5, 0.6) is 0 Å². The quantitative estimate of drug-likeness (QED) is 0.445. The molecule has 0 rings (SSSR count). The molecule has 3 heteroatoms. The molecule has 0 aromatic heterocycles. The minimum Gasteiger partial charge on any atom is -0.469 e. The Morgan fingerprint density at radius 1 is 1.56 bits per heavy atom. The van der Waals surface area contributed by atoms with Gasteiger partial charge in [0, 0.05) is 12.2 Å². The molecule has 53 valence electrons. The third-order valence-corrected chi connectivity index (χ3v) is 1.29. The number of rotatable bonds is 4. The molecule has 0 atom stereocenters. The van der Waals surface area contributed by atoms with Crippen LogP contribution < -0.4 is 0 Å². The van der Waals surface area contributed by atoms with Crippen LogP contribution in [0.4, 0.5) is 0 Å². The molecule has 0 aromatic carbocycles. The van der Waals surface area contributed by atoms with Crippen LogP contribution in [0.1, 0.15) is 19.3 Å². The molecular formula is C6H11O2S. The molecule has 0 aromatic rings. The third kappa shape index (κ3) is 5.69. The molecule has 0 unspecified atom stereocenters. The van der Waals surface area contributed by atoms with E-state index in [0.29, 0.717) is 6.42 Å². The normalized spacial score (nSPS) is 9.11. The maximum absolute atomic E-state index is 10.4. The van der Waals surface area contributed by atoms with Gasteiger partial charge in [0.1, 0.15) is 0 Å². The van der Waals surface area contributed by atoms with Crippen LogP contribution >= 0.6 is 12.6 Å². The lowest BCUT2D eigenvalue weighted by atomic mass is 10.2. The summed E-state index contributed by atoms with van der Waals surface area (Å²) in [5.41, 5.74) is 0. The number of carbonyl (C=O) groups excluding carboxylic acids is 1. The van der Waals surface area contributed by atoms with Gasteiger partial charge >= 0.3 is 5.97 Å². The third-order valence-electron chi connectivity index (χ3n) is 1.00. The van der Waals surface area contributed by atoms with Gasteiger partial charge in [0.15, 0.2) is 0 Å². The van der Waals surface area contributed by atoms with Crippen molar-refractivity contribution in [3.8, 4) is 0 Å². The Morgan fingerprint density at radius 3 is 2.67 bits per heavy atom.